The zero-order chi connectivity index (χ0) is 12.1. The van der Waals surface area contributed by atoms with Gasteiger partial charge in [0.15, 0.2) is 0 Å². The lowest BCUT2D eigenvalue weighted by atomic mass is 9.95. The summed E-state index contributed by atoms with van der Waals surface area (Å²) in [6.07, 6.45) is 6.59. The molecule has 0 N–H and O–H groups in total. The van der Waals surface area contributed by atoms with E-state index in [0.717, 1.165) is 31.5 Å². The summed E-state index contributed by atoms with van der Waals surface area (Å²) >= 11 is 5.77. The molecule has 2 heterocycles. The first-order chi connectivity index (χ1) is 8.31. The molecular formula is C13H17ClN2O. The predicted molar refractivity (Wildman–Crippen MR) is 68.2 cm³/mol. The maximum atomic E-state index is 12.2. The van der Waals surface area contributed by atoms with Crippen LogP contribution >= 0.6 is 11.6 Å². The highest BCUT2D eigenvalue weighted by Gasteiger charge is 2.23. The first-order valence-corrected chi connectivity index (χ1v) is 6.60. The average Bonchev–Trinajstić information content (AvgIpc) is 2.40. The van der Waals surface area contributed by atoms with E-state index in [4.69, 9.17) is 11.6 Å². The van der Waals surface area contributed by atoms with E-state index in [1.54, 1.807) is 24.5 Å². The van der Waals surface area contributed by atoms with Crippen LogP contribution in [0.1, 0.15) is 29.6 Å². The quantitative estimate of drug-likeness (QED) is 0.775. The van der Waals surface area contributed by atoms with Crippen LogP contribution in [0.2, 0.25) is 0 Å². The van der Waals surface area contributed by atoms with Gasteiger partial charge in [0, 0.05) is 36.9 Å². The normalized spacial score (nSPS) is 20.3. The van der Waals surface area contributed by atoms with E-state index >= 15 is 0 Å². The van der Waals surface area contributed by atoms with Gasteiger partial charge in [-0.25, -0.2) is 0 Å². The summed E-state index contributed by atoms with van der Waals surface area (Å²) < 4.78 is 0. The van der Waals surface area contributed by atoms with Gasteiger partial charge in [0.1, 0.15) is 0 Å². The Kier molecular flexibility index (Phi) is 4.37. The number of piperidine rings is 1. The second kappa shape index (κ2) is 6.01. The van der Waals surface area contributed by atoms with Gasteiger partial charge in [0.25, 0.3) is 5.91 Å². The fourth-order valence-electron chi connectivity index (χ4n) is 2.32. The van der Waals surface area contributed by atoms with Crippen molar-refractivity contribution in [1.29, 1.82) is 0 Å². The number of nitrogens with zero attached hydrogens (tertiary/aromatic N) is 2. The zero-order valence-corrected chi connectivity index (χ0v) is 10.6. The molecule has 1 aliphatic rings. The molecule has 0 radical (unpaired) electrons. The lowest BCUT2D eigenvalue weighted by molar-refractivity contribution is 0.0671. The molecule has 3 nitrogen and oxygen atoms in total. The summed E-state index contributed by atoms with van der Waals surface area (Å²) in [5.74, 6) is 1.36. The lowest BCUT2D eigenvalue weighted by Gasteiger charge is -2.32. The van der Waals surface area contributed by atoms with Gasteiger partial charge >= 0.3 is 0 Å². The molecule has 0 saturated carbocycles. The summed E-state index contributed by atoms with van der Waals surface area (Å²) in [4.78, 5) is 18.1. The molecule has 1 saturated heterocycles. The van der Waals surface area contributed by atoms with Crippen molar-refractivity contribution in [2.45, 2.75) is 19.3 Å². The number of likely N-dealkylation sites (tertiary alicyclic amines) is 1. The number of amides is 1. The van der Waals surface area contributed by atoms with Crippen LogP contribution in [0, 0.1) is 5.92 Å². The number of carbonyl (C=O) groups excluding carboxylic acids is 1. The van der Waals surface area contributed by atoms with Crippen molar-refractivity contribution >= 4 is 17.5 Å². The van der Waals surface area contributed by atoms with Gasteiger partial charge in [-0.15, -0.1) is 11.6 Å². The summed E-state index contributed by atoms with van der Waals surface area (Å²) in [6.45, 7) is 1.70. The Labute approximate surface area is 107 Å². The fraction of sp³-hybridized carbons (Fsp3) is 0.538. The van der Waals surface area contributed by atoms with Gasteiger partial charge in [-0.05, 0) is 37.3 Å². The number of pyridine rings is 1. The number of carbonyl (C=O) groups is 1. The summed E-state index contributed by atoms with van der Waals surface area (Å²) in [6, 6.07) is 3.54. The molecule has 1 aliphatic heterocycles. The van der Waals surface area contributed by atoms with Crippen LogP contribution in [0.25, 0.3) is 0 Å². The second-order valence-electron chi connectivity index (χ2n) is 4.47. The molecule has 1 aromatic heterocycles. The van der Waals surface area contributed by atoms with E-state index in [1.165, 1.54) is 6.42 Å². The topological polar surface area (TPSA) is 33.2 Å². The van der Waals surface area contributed by atoms with Crippen LogP contribution in [-0.2, 0) is 0 Å². The molecule has 1 aromatic rings. The van der Waals surface area contributed by atoms with Crippen molar-refractivity contribution in [2.24, 2.45) is 5.92 Å². The van der Waals surface area contributed by atoms with Gasteiger partial charge in [-0.3, -0.25) is 9.78 Å². The van der Waals surface area contributed by atoms with Crippen molar-refractivity contribution < 1.29 is 4.79 Å². The van der Waals surface area contributed by atoms with Crippen LogP contribution < -0.4 is 0 Å². The molecule has 0 spiro atoms. The van der Waals surface area contributed by atoms with E-state index in [1.807, 2.05) is 4.90 Å². The van der Waals surface area contributed by atoms with Crippen LogP contribution in [-0.4, -0.2) is 34.8 Å². The molecule has 1 fully saturated rings. The first-order valence-electron chi connectivity index (χ1n) is 6.06. The second-order valence-corrected chi connectivity index (χ2v) is 4.85. The highest BCUT2D eigenvalue weighted by atomic mass is 35.5. The minimum Gasteiger partial charge on any atom is -0.338 e. The van der Waals surface area contributed by atoms with Crippen molar-refractivity contribution in [3.8, 4) is 0 Å². The molecule has 4 heteroatoms. The summed E-state index contributed by atoms with van der Waals surface area (Å²) in [5, 5.41) is 0. The third kappa shape index (κ3) is 3.19. The molecule has 1 amide bonds. The maximum Gasteiger partial charge on any atom is 0.253 e. The number of hydrogen-bond acceptors (Lipinski definition) is 2. The largest absolute Gasteiger partial charge is 0.338 e. The number of halogens is 1. The number of rotatable bonds is 3. The van der Waals surface area contributed by atoms with Gasteiger partial charge in [-0.2, -0.15) is 0 Å². The monoisotopic (exact) mass is 252 g/mol. The molecule has 0 aliphatic carbocycles. The van der Waals surface area contributed by atoms with E-state index in [2.05, 4.69) is 4.98 Å². The van der Waals surface area contributed by atoms with Gasteiger partial charge < -0.3 is 4.90 Å². The van der Waals surface area contributed by atoms with Gasteiger partial charge in [-0.1, -0.05) is 0 Å². The highest BCUT2D eigenvalue weighted by Crippen LogP contribution is 2.21. The Bertz CT molecular complexity index is 367. The summed E-state index contributed by atoms with van der Waals surface area (Å²) in [7, 11) is 0. The Hall–Kier alpha value is -1.09. The molecule has 1 unspecified atom stereocenters. The van der Waals surface area contributed by atoms with Crippen LogP contribution in [0.3, 0.4) is 0 Å². The highest BCUT2D eigenvalue weighted by molar-refractivity contribution is 6.17. The van der Waals surface area contributed by atoms with E-state index < -0.39 is 0 Å². The smallest absolute Gasteiger partial charge is 0.253 e. The molecule has 0 bridgehead atoms. The Morgan fingerprint density at radius 3 is 2.94 bits per heavy atom. The van der Waals surface area contributed by atoms with E-state index in [-0.39, 0.29) is 5.91 Å². The van der Waals surface area contributed by atoms with E-state index in [0.29, 0.717) is 11.8 Å². The van der Waals surface area contributed by atoms with Crippen molar-refractivity contribution in [3.63, 3.8) is 0 Å². The van der Waals surface area contributed by atoms with Crippen molar-refractivity contribution in [1.82, 2.24) is 9.88 Å². The fourth-order valence-corrected chi connectivity index (χ4v) is 2.63. The standard InChI is InChI=1S/C13H17ClN2O/c14-6-3-11-2-1-9-16(10-11)13(17)12-4-7-15-8-5-12/h4-5,7-8,11H,1-3,6,9-10H2. The summed E-state index contributed by atoms with van der Waals surface area (Å²) in [5.41, 5.74) is 0.728. The van der Waals surface area contributed by atoms with Gasteiger partial charge in [0.2, 0.25) is 0 Å². The lowest BCUT2D eigenvalue weighted by Crippen LogP contribution is -2.40. The Balaban J connectivity index is 2.00. The Morgan fingerprint density at radius 2 is 2.24 bits per heavy atom. The van der Waals surface area contributed by atoms with Crippen LogP contribution in [0.15, 0.2) is 24.5 Å². The van der Waals surface area contributed by atoms with Crippen LogP contribution in [0.4, 0.5) is 0 Å². The third-order valence-corrected chi connectivity index (χ3v) is 3.47. The molecule has 17 heavy (non-hydrogen) atoms. The van der Waals surface area contributed by atoms with Crippen LogP contribution in [0.5, 0.6) is 0 Å². The SMILES string of the molecule is O=C(c1ccncc1)N1CCCC(CCCl)C1. The number of aromatic nitrogens is 1. The third-order valence-electron chi connectivity index (χ3n) is 3.25. The molecular weight excluding hydrogens is 236 g/mol. The zero-order valence-electron chi connectivity index (χ0n) is 9.81. The average molecular weight is 253 g/mol. The molecule has 92 valence electrons. The number of alkyl halides is 1. The van der Waals surface area contributed by atoms with Crippen molar-refractivity contribution in [2.75, 3.05) is 19.0 Å². The van der Waals surface area contributed by atoms with Gasteiger partial charge in [0.05, 0.1) is 0 Å². The first kappa shape index (κ1) is 12.4. The number of hydrogen-bond donors (Lipinski definition) is 0. The molecule has 2 rings (SSSR count). The molecule has 0 aromatic carbocycles. The minimum absolute atomic E-state index is 0.117. The van der Waals surface area contributed by atoms with Crippen molar-refractivity contribution in [3.05, 3.63) is 30.1 Å². The minimum atomic E-state index is 0.117. The molecule has 1 atom stereocenters. The predicted octanol–water partition coefficient (Wildman–Crippen LogP) is 2.56. The van der Waals surface area contributed by atoms with E-state index in [9.17, 15) is 4.79 Å². The maximum absolute atomic E-state index is 12.2. The Morgan fingerprint density at radius 1 is 1.47 bits per heavy atom.